The molecule has 1 heterocycles. The predicted octanol–water partition coefficient (Wildman–Crippen LogP) is 2.38. The van der Waals surface area contributed by atoms with Crippen molar-refractivity contribution in [2.45, 2.75) is 18.5 Å². The molecule has 0 unspecified atom stereocenters. The van der Waals surface area contributed by atoms with E-state index in [2.05, 4.69) is 11.6 Å². The zero-order valence-electron chi connectivity index (χ0n) is 9.86. The van der Waals surface area contributed by atoms with Crippen molar-refractivity contribution in [2.24, 2.45) is 4.99 Å². The second-order valence-corrected chi connectivity index (χ2v) is 4.03. The van der Waals surface area contributed by atoms with Gasteiger partial charge >= 0.3 is 0 Å². The zero-order chi connectivity index (χ0) is 13.0. The smallest absolute Gasteiger partial charge is 0.290 e. The van der Waals surface area contributed by atoms with Crippen LogP contribution in [0.4, 0.5) is 0 Å². The van der Waals surface area contributed by atoms with Gasteiger partial charge in [0.1, 0.15) is 12.6 Å². The first-order chi connectivity index (χ1) is 8.72. The van der Waals surface area contributed by atoms with Crippen molar-refractivity contribution in [3.8, 4) is 0 Å². The highest BCUT2D eigenvalue weighted by molar-refractivity contribution is 5.82. The number of hydrogen-bond donors (Lipinski definition) is 0. The van der Waals surface area contributed by atoms with E-state index in [9.17, 15) is 10.1 Å². The summed E-state index contributed by atoms with van der Waals surface area (Å²) in [6.45, 7) is 3.88. The lowest BCUT2D eigenvalue weighted by atomic mass is 10.1. The number of nitro groups is 1. The third-order valence-corrected chi connectivity index (χ3v) is 2.79. The lowest BCUT2D eigenvalue weighted by Crippen LogP contribution is -2.29. The van der Waals surface area contributed by atoms with E-state index in [4.69, 9.17) is 4.74 Å². The maximum Gasteiger partial charge on any atom is 0.290 e. The molecule has 1 aromatic carbocycles. The third-order valence-electron chi connectivity index (χ3n) is 2.79. The van der Waals surface area contributed by atoms with Crippen LogP contribution in [-0.2, 0) is 4.74 Å². The van der Waals surface area contributed by atoms with Gasteiger partial charge < -0.3 is 4.74 Å². The van der Waals surface area contributed by atoms with Crippen LogP contribution in [0.1, 0.15) is 18.0 Å². The van der Waals surface area contributed by atoms with Crippen LogP contribution in [0.3, 0.4) is 0 Å². The number of ether oxygens (including phenoxy) is 1. The van der Waals surface area contributed by atoms with Crippen molar-refractivity contribution in [1.29, 1.82) is 0 Å². The molecule has 0 amide bonds. The number of nitrogens with zero attached hydrogens (tertiary/aromatic N) is 2. The minimum atomic E-state index is -0.920. The Labute approximate surface area is 105 Å². The van der Waals surface area contributed by atoms with Crippen LogP contribution in [-0.4, -0.2) is 23.5 Å². The van der Waals surface area contributed by atoms with Gasteiger partial charge in [0, 0.05) is 11.3 Å². The molecule has 0 aromatic heterocycles. The van der Waals surface area contributed by atoms with E-state index in [0.717, 1.165) is 5.56 Å². The quantitative estimate of drug-likeness (QED) is 0.455. The summed E-state index contributed by atoms with van der Waals surface area (Å²) in [4.78, 5) is 14.8. The van der Waals surface area contributed by atoms with Gasteiger partial charge in [0.05, 0.1) is 0 Å². The van der Waals surface area contributed by atoms with Gasteiger partial charge in [-0.3, -0.25) is 10.1 Å². The third kappa shape index (κ3) is 2.56. The number of rotatable bonds is 5. The van der Waals surface area contributed by atoms with Gasteiger partial charge in [-0.15, -0.1) is 6.58 Å². The van der Waals surface area contributed by atoms with Crippen LogP contribution in [0, 0.1) is 10.1 Å². The second kappa shape index (κ2) is 5.44. The fourth-order valence-corrected chi connectivity index (χ4v) is 1.86. The number of benzene rings is 1. The molecule has 0 N–H and O–H groups in total. The highest BCUT2D eigenvalue weighted by Crippen LogP contribution is 2.24. The zero-order valence-corrected chi connectivity index (χ0v) is 9.86. The van der Waals surface area contributed by atoms with Crippen LogP contribution < -0.4 is 0 Å². The van der Waals surface area contributed by atoms with Crippen LogP contribution >= 0.6 is 0 Å². The van der Waals surface area contributed by atoms with E-state index in [-0.39, 0.29) is 23.3 Å². The highest BCUT2D eigenvalue weighted by Gasteiger charge is 2.33. The average Bonchev–Trinajstić information content (AvgIpc) is 2.86. The molecule has 2 rings (SSSR count). The monoisotopic (exact) mass is 246 g/mol. The van der Waals surface area contributed by atoms with Gasteiger partial charge in [-0.1, -0.05) is 36.4 Å². The summed E-state index contributed by atoms with van der Waals surface area (Å²) < 4.78 is 5.36. The Morgan fingerprint density at radius 3 is 2.89 bits per heavy atom. The first kappa shape index (κ1) is 12.3. The van der Waals surface area contributed by atoms with Gasteiger partial charge in [-0.25, -0.2) is 4.99 Å². The Kier molecular flexibility index (Phi) is 3.72. The summed E-state index contributed by atoms with van der Waals surface area (Å²) in [6, 6.07) is 8.56. The Morgan fingerprint density at radius 1 is 1.56 bits per heavy atom. The molecule has 5 heteroatoms. The van der Waals surface area contributed by atoms with E-state index in [0.29, 0.717) is 6.61 Å². The fourth-order valence-electron chi connectivity index (χ4n) is 1.86. The molecule has 1 aromatic rings. The average molecular weight is 246 g/mol. The lowest BCUT2D eigenvalue weighted by Gasteiger charge is -2.05. The fraction of sp³-hybridized carbons (Fsp3) is 0.308. The van der Waals surface area contributed by atoms with Crippen molar-refractivity contribution >= 4 is 5.90 Å². The van der Waals surface area contributed by atoms with Crippen molar-refractivity contribution in [3.63, 3.8) is 0 Å². The maximum absolute atomic E-state index is 10.9. The van der Waals surface area contributed by atoms with Gasteiger partial charge in [-0.05, 0) is 5.56 Å². The summed E-state index contributed by atoms with van der Waals surface area (Å²) in [6.07, 6.45) is 1.74. The molecule has 1 aliphatic rings. The van der Waals surface area contributed by atoms with Crippen LogP contribution in [0.15, 0.2) is 48.0 Å². The minimum Gasteiger partial charge on any atom is -0.473 e. The van der Waals surface area contributed by atoms with E-state index < -0.39 is 6.04 Å². The molecular weight excluding hydrogens is 232 g/mol. The van der Waals surface area contributed by atoms with Crippen LogP contribution in [0.2, 0.25) is 0 Å². The van der Waals surface area contributed by atoms with Crippen LogP contribution in [0.5, 0.6) is 0 Å². The van der Waals surface area contributed by atoms with Crippen LogP contribution in [0.25, 0.3) is 0 Å². The molecule has 5 nitrogen and oxygen atoms in total. The summed E-state index contributed by atoms with van der Waals surface area (Å²) in [5.41, 5.74) is 1.01. The largest absolute Gasteiger partial charge is 0.473 e. The van der Waals surface area contributed by atoms with E-state index >= 15 is 0 Å². The molecule has 18 heavy (non-hydrogen) atoms. The predicted molar refractivity (Wildman–Crippen MR) is 68.2 cm³/mol. The molecule has 0 saturated carbocycles. The molecule has 0 spiro atoms. The number of aliphatic imine (C=N–C) groups is 1. The van der Waals surface area contributed by atoms with E-state index in [1.165, 1.54) is 6.08 Å². The normalized spacial score (nSPS) is 19.8. The minimum absolute atomic E-state index is 0.145. The summed E-state index contributed by atoms with van der Waals surface area (Å²) >= 11 is 0. The first-order valence-electron chi connectivity index (χ1n) is 5.72. The second-order valence-electron chi connectivity index (χ2n) is 4.03. The summed E-state index contributed by atoms with van der Waals surface area (Å²) in [5.74, 6) is 0.203. The lowest BCUT2D eigenvalue weighted by molar-refractivity contribution is -0.504. The van der Waals surface area contributed by atoms with E-state index in [1.807, 2.05) is 30.3 Å². The molecule has 2 atom stereocenters. The van der Waals surface area contributed by atoms with Gasteiger partial charge in [0.2, 0.25) is 0 Å². The van der Waals surface area contributed by atoms with Crippen molar-refractivity contribution < 1.29 is 9.66 Å². The molecule has 0 fully saturated rings. The van der Waals surface area contributed by atoms with Gasteiger partial charge in [0.15, 0.2) is 0 Å². The molecule has 0 bridgehead atoms. The van der Waals surface area contributed by atoms with Gasteiger partial charge in [0.25, 0.3) is 11.9 Å². The van der Waals surface area contributed by atoms with Crippen molar-refractivity contribution in [2.75, 3.05) is 6.61 Å². The molecule has 0 aliphatic carbocycles. The maximum atomic E-state index is 10.9. The molecule has 1 aliphatic heterocycles. The number of hydrogen-bond acceptors (Lipinski definition) is 4. The molecular formula is C13H14N2O3. The van der Waals surface area contributed by atoms with E-state index in [1.54, 1.807) is 0 Å². The topological polar surface area (TPSA) is 64.7 Å². The molecule has 0 radical (unpaired) electrons. The Morgan fingerprint density at radius 2 is 2.28 bits per heavy atom. The standard InChI is InChI=1S/C13H14N2O3/c1-2-6-12(15(16)17)13-14-11(9-18-13)10-7-4-3-5-8-10/h2-5,7-8,11-12H,1,6,9H2/t11-,12+/m0/s1. The molecule has 0 saturated heterocycles. The summed E-state index contributed by atoms with van der Waals surface area (Å²) in [7, 11) is 0. The SMILES string of the molecule is C=CC[C@H](C1=N[C@H](c2ccccc2)CO1)[N+](=O)[O-]. The Bertz CT molecular complexity index is 470. The molecule has 94 valence electrons. The van der Waals surface area contributed by atoms with Gasteiger partial charge in [-0.2, -0.15) is 0 Å². The summed E-state index contributed by atoms with van der Waals surface area (Å²) in [5, 5.41) is 10.9. The van der Waals surface area contributed by atoms with Crippen molar-refractivity contribution in [1.82, 2.24) is 0 Å². The first-order valence-corrected chi connectivity index (χ1v) is 5.72. The Balaban J connectivity index is 2.17. The Hall–Kier alpha value is -2.17. The highest BCUT2D eigenvalue weighted by atomic mass is 16.6. The van der Waals surface area contributed by atoms with Crippen molar-refractivity contribution in [3.05, 3.63) is 58.7 Å².